The summed E-state index contributed by atoms with van der Waals surface area (Å²) in [5, 5.41) is 4.84. The third-order valence-electron chi connectivity index (χ3n) is 7.49. The normalized spacial score (nSPS) is 14.2. The molecule has 0 saturated heterocycles. The maximum Gasteiger partial charge on any atom is 0.192 e. The van der Waals surface area contributed by atoms with Gasteiger partial charge in [-0.15, -0.1) is 0 Å². The standard InChI is InChI=1S/C28H38FN3OSi/c1-18(2)26-23(17-33-34(7,8)28(3,4)5)25(19-12-14-20(29)15-13-19)21-10-9-11-24-22(27(21)30-26)16-32(6)31-24/h12-16,18H,9-11,17H2,1-8H3. The molecule has 2 aromatic heterocycles. The summed E-state index contributed by atoms with van der Waals surface area (Å²) in [5.74, 6) is 0.00693. The Balaban J connectivity index is 1.98. The Labute approximate surface area is 204 Å². The first-order valence-electron chi connectivity index (χ1n) is 12.4. The average Bonchev–Trinajstić information content (AvgIpc) is 3.03. The summed E-state index contributed by atoms with van der Waals surface area (Å²) in [6.45, 7) is 16.3. The molecule has 0 spiro atoms. The SMILES string of the molecule is CC(C)c1nc2c(c(-c3ccc(F)cc3)c1CO[Si](C)(C)C(C)(C)C)CCCc1nn(C)cc1-2. The number of hydrogen-bond donors (Lipinski definition) is 0. The van der Waals surface area contributed by atoms with Crippen LogP contribution in [0.2, 0.25) is 18.1 Å². The number of nitrogens with zero attached hydrogens (tertiary/aromatic N) is 3. The van der Waals surface area contributed by atoms with Crippen LogP contribution in [0.4, 0.5) is 4.39 Å². The minimum atomic E-state index is -1.98. The van der Waals surface area contributed by atoms with Crippen molar-refractivity contribution >= 4 is 8.32 Å². The first-order valence-corrected chi connectivity index (χ1v) is 15.3. The third kappa shape index (κ3) is 4.62. The summed E-state index contributed by atoms with van der Waals surface area (Å²) in [5.41, 5.74) is 8.91. The van der Waals surface area contributed by atoms with E-state index in [0.29, 0.717) is 6.61 Å². The molecular weight excluding hydrogens is 441 g/mol. The van der Waals surface area contributed by atoms with Crippen LogP contribution in [0.25, 0.3) is 22.4 Å². The molecule has 0 bridgehead atoms. The van der Waals surface area contributed by atoms with E-state index >= 15 is 0 Å². The van der Waals surface area contributed by atoms with E-state index in [0.717, 1.165) is 53.0 Å². The molecule has 0 aliphatic heterocycles. The number of aromatic nitrogens is 3. The quantitative estimate of drug-likeness (QED) is 0.357. The molecule has 0 fully saturated rings. The number of hydrogen-bond acceptors (Lipinski definition) is 3. The highest BCUT2D eigenvalue weighted by atomic mass is 28.4. The first-order chi connectivity index (χ1) is 15.9. The van der Waals surface area contributed by atoms with Gasteiger partial charge in [0.25, 0.3) is 0 Å². The zero-order chi connectivity index (χ0) is 24.8. The second-order valence-electron chi connectivity index (χ2n) is 11.4. The van der Waals surface area contributed by atoms with E-state index in [-0.39, 0.29) is 16.8 Å². The highest BCUT2D eigenvalue weighted by Crippen LogP contribution is 2.43. The van der Waals surface area contributed by atoms with Gasteiger partial charge in [0.1, 0.15) is 5.82 Å². The van der Waals surface area contributed by atoms with Crippen molar-refractivity contribution in [2.75, 3.05) is 0 Å². The summed E-state index contributed by atoms with van der Waals surface area (Å²) < 4.78 is 22.6. The molecule has 6 heteroatoms. The third-order valence-corrected chi connectivity index (χ3v) is 12.0. The van der Waals surface area contributed by atoms with Gasteiger partial charge in [-0.3, -0.25) is 9.67 Å². The van der Waals surface area contributed by atoms with Gasteiger partial charge in [-0.1, -0.05) is 46.8 Å². The summed E-state index contributed by atoms with van der Waals surface area (Å²) >= 11 is 0. The van der Waals surface area contributed by atoms with Crippen LogP contribution in [-0.2, 0) is 30.9 Å². The second kappa shape index (κ2) is 9.04. The summed E-state index contributed by atoms with van der Waals surface area (Å²) in [4.78, 5) is 5.30. The van der Waals surface area contributed by atoms with Crippen molar-refractivity contribution in [3.05, 3.63) is 58.8 Å². The average molecular weight is 480 g/mol. The van der Waals surface area contributed by atoms with Crippen LogP contribution in [0.3, 0.4) is 0 Å². The topological polar surface area (TPSA) is 39.9 Å². The molecule has 1 aliphatic rings. The smallest absolute Gasteiger partial charge is 0.192 e. The summed E-state index contributed by atoms with van der Waals surface area (Å²) in [7, 11) is -0.00694. The van der Waals surface area contributed by atoms with Gasteiger partial charge in [0.2, 0.25) is 0 Å². The fourth-order valence-corrected chi connectivity index (χ4v) is 5.50. The number of pyridine rings is 1. The second-order valence-corrected chi connectivity index (χ2v) is 16.2. The molecule has 0 N–H and O–H groups in total. The maximum atomic E-state index is 13.9. The Morgan fingerprint density at radius 1 is 1.12 bits per heavy atom. The van der Waals surface area contributed by atoms with E-state index in [1.165, 1.54) is 11.1 Å². The van der Waals surface area contributed by atoms with Crippen LogP contribution < -0.4 is 0 Å². The lowest BCUT2D eigenvalue weighted by Gasteiger charge is -2.37. The largest absolute Gasteiger partial charge is 0.412 e. The van der Waals surface area contributed by atoms with Crippen molar-refractivity contribution in [1.82, 2.24) is 14.8 Å². The Hall–Kier alpha value is -2.31. The molecule has 0 amide bonds. The van der Waals surface area contributed by atoms with Gasteiger partial charge >= 0.3 is 0 Å². The van der Waals surface area contributed by atoms with E-state index in [2.05, 4.69) is 53.9 Å². The lowest BCUT2D eigenvalue weighted by molar-refractivity contribution is 0.274. The van der Waals surface area contributed by atoms with E-state index in [1.807, 2.05) is 23.9 Å². The molecule has 0 radical (unpaired) electrons. The van der Waals surface area contributed by atoms with E-state index in [1.54, 1.807) is 12.1 Å². The lowest BCUT2D eigenvalue weighted by Crippen LogP contribution is -2.40. The van der Waals surface area contributed by atoms with Crippen LogP contribution in [-0.4, -0.2) is 23.1 Å². The van der Waals surface area contributed by atoms with Gasteiger partial charge in [0.05, 0.1) is 18.0 Å². The highest BCUT2D eigenvalue weighted by Gasteiger charge is 2.38. The predicted molar refractivity (Wildman–Crippen MR) is 140 cm³/mol. The molecule has 182 valence electrons. The van der Waals surface area contributed by atoms with Crippen LogP contribution in [0.1, 0.15) is 69.5 Å². The molecule has 4 rings (SSSR count). The van der Waals surface area contributed by atoms with Gasteiger partial charge in [-0.2, -0.15) is 5.10 Å². The summed E-state index contributed by atoms with van der Waals surface area (Å²) in [6, 6.07) is 6.92. The van der Waals surface area contributed by atoms with Crippen LogP contribution in [0, 0.1) is 5.82 Å². The van der Waals surface area contributed by atoms with Gasteiger partial charge in [0.15, 0.2) is 8.32 Å². The zero-order valence-corrected chi connectivity index (χ0v) is 22.9. The van der Waals surface area contributed by atoms with Crippen molar-refractivity contribution < 1.29 is 8.82 Å². The Morgan fingerprint density at radius 3 is 2.41 bits per heavy atom. The molecule has 1 aromatic carbocycles. The fraction of sp³-hybridized carbons (Fsp3) is 0.500. The highest BCUT2D eigenvalue weighted by molar-refractivity contribution is 6.74. The first kappa shape index (κ1) is 24.8. The Morgan fingerprint density at radius 2 is 1.79 bits per heavy atom. The number of benzene rings is 1. The van der Waals surface area contributed by atoms with Gasteiger partial charge in [0, 0.05) is 30.1 Å². The zero-order valence-electron chi connectivity index (χ0n) is 21.9. The van der Waals surface area contributed by atoms with E-state index in [4.69, 9.17) is 14.5 Å². The molecule has 1 aliphatic carbocycles. The van der Waals surface area contributed by atoms with E-state index < -0.39 is 8.32 Å². The molecule has 0 atom stereocenters. The monoisotopic (exact) mass is 479 g/mol. The molecule has 0 unspecified atom stereocenters. The molecule has 4 nitrogen and oxygen atoms in total. The van der Waals surface area contributed by atoms with Crippen molar-refractivity contribution in [3.8, 4) is 22.4 Å². The van der Waals surface area contributed by atoms with Crippen molar-refractivity contribution in [2.45, 2.75) is 84.5 Å². The van der Waals surface area contributed by atoms with E-state index in [9.17, 15) is 4.39 Å². The van der Waals surface area contributed by atoms with Crippen LogP contribution in [0.15, 0.2) is 30.5 Å². The maximum absolute atomic E-state index is 13.9. The lowest BCUT2D eigenvalue weighted by atomic mass is 9.87. The van der Waals surface area contributed by atoms with Gasteiger partial charge in [-0.25, -0.2) is 4.39 Å². The molecule has 3 aromatic rings. The summed E-state index contributed by atoms with van der Waals surface area (Å²) in [6.07, 6.45) is 4.95. The fourth-order valence-electron chi connectivity index (χ4n) is 4.56. The van der Waals surface area contributed by atoms with Gasteiger partial charge < -0.3 is 4.43 Å². The Bertz CT molecular complexity index is 1190. The van der Waals surface area contributed by atoms with Gasteiger partial charge in [-0.05, 0) is 72.1 Å². The number of aryl methyl sites for hydroxylation is 2. The number of fused-ring (bicyclic) bond motifs is 3. The predicted octanol–water partition coefficient (Wildman–Crippen LogP) is 7.42. The number of rotatable bonds is 5. The molecule has 2 heterocycles. The molecule has 0 saturated carbocycles. The van der Waals surface area contributed by atoms with Crippen molar-refractivity contribution in [3.63, 3.8) is 0 Å². The molecular formula is C28H38FN3OSi. The Kier molecular flexibility index (Phi) is 6.60. The minimum absolute atomic E-state index is 0.116. The van der Waals surface area contributed by atoms with Crippen LogP contribution >= 0.6 is 0 Å². The van der Waals surface area contributed by atoms with Crippen molar-refractivity contribution in [2.24, 2.45) is 7.05 Å². The number of halogens is 1. The van der Waals surface area contributed by atoms with Crippen LogP contribution in [0.5, 0.6) is 0 Å². The minimum Gasteiger partial charge on any atom is -0.412 e. The molecule has 34 heavy (non-hydrogen) atoms. The van der Waals surface area contributed by atoms with Crippen molar-refractivity contribution in [1.29, 1.82) is 0 Å².